The van der Waals surface area contributed by atoms with Gasteiger partial charge in [-0.1, -0.05) is 12.1 Å². The van der Waals surface area contributed by atoms with Crippen molar-refractivity contribution in [2.45, 2.75) is 20.3 Å². The number of likely N-dealkylation sites (N-methyl/N-ethyl adjacent to an activating group) is 2. The summed E-state index contributed by atoms with van der Waals surface area (Å²) in [7, 11) is 4.16. The van der Waals surface area contributed by atoms with Crippen LogP contribution in [0.3, 0.4) is 0 Å². The van der Waals surface area contributed by atoms with Crippen molar-refractivity contribution in [1.82, 2.24) is 10.2 Å². The Morgan fingerprint density at radius 3 is 2.67 bits per heavy atom. The maximum absolute atomic E-state index is 5.55. The van der Waals surface area contributed by atoms with Crippen LogP contribution in [0.1, 0.15) is 18.1 Å². The van der Waals surface area contributed by atoms with Crippen molar-refractivity contribution in [2.24, 2.45) is 0 Å². The Morgan fingerprint density at radius 2 is 2.06 bits per heavy atom. The van der Waals surface area contributed by atoms with Crippen LogP contribution in [0.4, 0.5) is 0 Å². The predicted octanol–water partition coefficient (Wildman–Crippen LogP) is 2.09. The molecule has 102 valence electrons. The number of hydrogen-bond donors (Lipinski definition) is 1. The van der Waals surface area contributed by atoms with Gasteiger partial charge in [-0.05, 0) is 51.6 Å². The van der Waals surface area contributed by atoms with Gasteiger partial charge in [-0.25, -0.2) is 0 Å². The molecule has 0 spiro atoms. The van der Waals surface area contributed by atoms with E-state index in [4.69, 9.17) is 4.74 Å². The summed E-state index contributed by atoms with van der Waals surface area (Å²) in [6.45, 7) is 8.08. The molecule has 1 rings (SSSR count). The van der Waals surface area contributed by atoms with Gasteiger partial charge in [0.2, 0.25) is 0 Å². The molecule has 0 atom stereocenters. The third-order valence-electron chi connectivity index (χ3n) is 3.06. The molecule has 0 fully saturated rings. The molecule has 1 aromatic rings. The largest absolute Gasteiger partial charge is 0.494 e. The molecule has 0 aromatic heterocycles. The van der Waals surface area contributed by atoms with E-state index in [2.05, 4.69) is 42.4 Å². The van der Waals surface area contributed by atoms with Gasteiger partial charge in [0.25, 0.3) is 0 Å². The van der Waals surface area contributed by atoms with Crippen LogP contribution in [0.15, 0.2) is 18.2 Å². The van der Waals surface area contributed by atoms with E-state index >= 15 is 0 Å². The standard InChI is InChI=1S/C15H26N2O/c1-5-18-15-7-6-14(12-13(15)2)8-10-17(4)11-9-16-3/h6-7,12,16H,5,8-11H2,1-4H3. The molecular formula is C15H26N2O. The van der Waals surface area contributed by atoms with E-state index in [1.807, 2.05) is 14.0 Å². The maximum Gasteiger partial charge on any atom is 0.122 e. The second kappa shape index (κ2) is 8.11. The van der Waals surface area contributed by atoms with Gasteiger partial charge in [0.15, 0.2) is 0 Å². The van der Waals surface area contributed by atoms with Crippen molar-refractivity contribution < 1.29 is 4.74 Å². The van der Waals surface area contributed by atoms with E-state index in [-0.39, 0.29) is 0 Å². The topological polar surface area (TPSA) is 24.5 Å². The van der Waals surface area contributed by atoms with Crippen molar-refractivity contribution in [1.29, 1.82) is 0 Å². The molecule has 0 amide bonds. The Bertz CT molecular complexity index is 352. The van der Waals surface area contributed by atoms with E-state index in [1.54, 1.807) is 0 Å². The van der Waals surface area contributed by atoms with E-state index in [9.17, 15) is 0 Å². The molecule has 0 aliphatic rings. The fourth-order valence-corrected chi connectivity index (χ4v) is 1.92. The summed E-state index contributed by atoms with van der Waals surface area (Å²) >= 11 is 0. The predicted molar refractivity (Wildman–Crippen MR) is 77.5 cm³/mol. The van der Waals surface area contributed by atoms with Gasteiger partial charge in [-0.15, -0.1) is 0 Å². The molecule has 3 heteroatoms. The lowest BCUT2D eigenvalue weighted by molar-refractivity contribution is 0.335. The summed E-state index contributed by atoms with van der Waals surface area (Å²) in [6.07, 6.45) is 1.09. The van der Waals surface area contributed by atoms with Crippen LogP contribution in [-0.2, 0) is 6.42 Å². The maximum atomic E-state index is 5.55. The Labute approximate surface area is 111 Å². The minimum Gasteiger partial charge on any atom is -0.494 e. The average Bonchev–Trinajstić information content (AvgIpc) is 2.37. The summed E-state index contributed by atoms with van der Waals surface area (Å²) in [5.74, 6) is 1.00. The molecule has 3 nitrogen and oxygen atoms in total. The first-order valence-corrected chi connectivity index (χ1v) is 6.72. The van der Waals surface area contributed by atoms with Crippen molar-refractivity contribution >= 4 is 0 Å². The van der Waals surface area contributed by atoms with Gasteiger partial charge in [0.1, 0.15) is 5.75 Å². The van der Waals surface area contributed by atoms with E-state index < -0.39 is 0 Å². The highest BCUT2D eigenvalue weighted by Crippen LogP contribution is 2.19. The first kappa shape index (κ1) is 15.0. The Kier molecular flexibility index (Phi) is 6.76. The number of ether oxygens (including phenoxy) is 1. The highest BCUT2D eigenvalue weighted by atomic mass is 16.5. The SMILES string of the molecule is CCOc1ccc(CCN(C)CCNC)cc1C. The molecule has 0 bridgehead atoms. The van der Waals surface area contributed by atoms with Crippen LogP contribution in [0.2, 0.25) is 0 Å². The third kappa shape index (κ3) is 5.07. The lowest BCUT2D eigenvalue weighted by Gasteiger charge is -2.16. The number of nitrogens with zero attached hydrogens (tertiary/aromatic N) is 1. The Balaban J connectivity index is 2.45. The first-order valence-electron chi connectivity index (χ1n) is 6.72. The van der Waals surface area contributed by atoms with Crippen LogP contribution >= 0.6 is 0 Å². The first-order chi connectivity index (χ1) is 8.67. The molecule has 18 heavy (non-hydrogen) atoms. The summed E-state index contributed by atoms with van der Waals surface area (Å²) in [4.78, 5) is 2.35. The Hall–Kier alpha value is -1.06. The number of benzene rings is 1. The van der Waals surface area contributed by atoms with Gasteiger partial charge in [0.05, 0.1) is 6.61 Å². The summed E-state index contributed by atoms with van der Waals surface area (Å²) < 4.78 is 5.55. The van der Waals surface area contributed by atoms with Crippen molar-refractivity contribution in [2.75, 3.05) is 40.3 Å². The van der Waals surface area contributed by atoms with E-state index in [1.165, 1.54) is 11.1 Å². The van der Waals surface area contributed by atoms with Crippen LogP contribution in [0.5, 0.6) is 5.75 Å². The summed E-state index contributed by atoms with van der Waals surface area (Å²) in [5, 5.41) is 3.17. The normalized spacial score (nSPS) is 10.9. The molecule has 0 saturated carbocycles. The van der Waals surface area contributed by atoms with Crippen LogP contribution in [0.25, 0.3) is 0 Å². The lowest BCUT2D eigenvalue weighted by atomic mass is 10.1. The zero-order chi connectivity index (χ0) is 13.4. The molecule has 0 radical (unpaired) electrons. The van der Waals surface area contributed by atoms with E-state index in [0.29, 0.717) is 0 Å². The van der Waals surface area contributed by atoms with Gasteiger partial charge < -0.3 is 15.0 Å². The van der Waals surface area contributed by atoms with Crippen LogP contribution in [-0.4, -0.2) is 45.2 Å². The van der Waals surface area contributed by atoms with Crippen molar-refractivity contribution in [3.8, 4) is 5.75 Å². The zero-order valence-electron chi connectivity index (χ0n) is 12.1. The monoisotopic (exact) mass is 250 g/mol. The smallest absolute Gasteiger partial charge is 0.122 e. The minimum atomic E-state index is 0.729. The molecule has 1 aromatic carbocycles. The van der Waals surface area contributed by atoms with Gasteiger partial charge in [0, 0.05) is 19.6 Å². The zero-order valence-corrected chi connectivity index (χ0v) is 12.1. The quantitative estimate of drug-likeness (QED) is 0.764. The summed E-state index contributed by atoms with van der Waals surface area (Å²) in [5.41, 5.74) is 2.61. The molecule has 0 heterocycles. The fourth-order valence-electron chi connectivity index (χ4n) is 1.92. The summed E-state index contributed by atoms with van der Waals surface area (Å²) in [6, 6.07) is 6.49. The number of rotatable bonds is 8. The van der Waals surface area contributed by atoms with Crippen molar-refractivity contribution in [3.63, 3.8) is 0 Å². The lowest BCUT2D eigenvalue weighted by Crippen LogP contribution is -2.29. The fraction of sp³-hybridized carbons (Fsp3) is 0.600. The van der Waals surface area contributed by atoms with Crippen molar-refractivity contribution in [3.05, 3.63) is 29.3 Å². The highest BCUT2D eigenvalue weighted by molar-refractivity contribution is 5.36. The minimum absolute atomic E-state index is 0.729. The molecule has 1 N–H and O–H groups in total. The van der Waals surface area contributed by atoms with Crippen LogP contribution < -0.4 is 10.1 Å². The Morgan fingerprint density at radius 1 is 1.28 bits per heavy atom. The van der Waals surface area contributed by atoms with Gasteiger partial charge in [-0.3, -0.25) is 0 Å². The van der Waals surface area contributed by atoms with Gasteiger partial charge in [-0.2, -0.15) is 0 Å². The number of hydrogen-bond acceptors (Lipinski definition) is 3. The molecule has 0 unspecified atom stereocenters. The molecule has 0 aliphatic carbocycles. The second-order valence-corrected chi connectivity index (χ2v) is 4.69. The third-order valence-corrected chi connectivity index (χ3v) is 3.06. The molecule has 0 aliphatic heterocycles. The number of nitrogens with one attached hydrogen (secondary N) is 1. The van der Waals surface area contributed by atoms with Gasteiger partial charge >= 0.3 is 0 Å². The highest BCUT2D eigenvalue weighted by Gasteiger charge is 2.02. The molecule has 0 saturated heterocycles. The average molecular weight is 250 g/mol. The molecular weight excluding hydrogens is 224 g/mol. The van der Waals surface area contributed by atoms with Crippen LogP contribution in [0, 0.1) is 6.92 Å². The van der Waals surface area contributed by atoms with E-state index in [0.717, 1.165) is 38.4 Å². The number of aryl methyl sites for hydroxylation is 1. The second-order valence-electron chi connectivity index (χ2n) is 4.69.